The lowest BCUT2D eigenvalue weighted by Crippen LogP contribution is -2.39. The van der Waals surface area contributed by atoms with Gasteiger partial charge in [0.1, 0.15) is 12.4 Å². The van der Waals surface area contributed by atoms with Gasteiger partial charge in [-0.15, -0.1) is 0 Å². The van der Waals surface area contributed by atoms with E-state index in [9.17, 15) is 19.1 Å². The van der Waals surface area contributed by atoms with E-state index in [0.29, 0.717) is 41.4 Å². The first kappa shape index (κ1) is 20.1. The van der Waals surface area contributed by atoms with Gasteiger partial charge in [-0.3, -0.25) is 9.79 Å². The molecule has 1 aliphatic carbocycles. The highest BCUT2D eigenvalue weighted by molar-refractivity contribution is 5.78. The molecule has 31 heavy (non-hydrogen) atoms. The molecule has 5 rings (SSSR count). The molecule has 0 bridgehead atoms. The van der Waals surface area contributed by atoms with Crippen molar-refractivity contribution in [1.82, 2.24) is 4.57 Å². The molecule has 3 aliphatic rings. The van der Waals surface area contributed by atoms with Gasteiger partial charge in [0.05, 0.1) is 17.0 Å². The van der Waals surface area contributed by atoms with Gasteiger partial charge in [-0.2, -0.15) is 0 Å². The molecule has 1 N–H and O–H groups in total. The number of benzene rings is 1. The van der Waals surface area contributed by atoms with Gasteiger partial charge in [-0.05, 0) is 62.8 Å². The standard InChI is InChI=1S/C24H25FN2O4/c1-12-8-15-9-17-18(11-31-24(30)22(17)28)23(29)27(15)7-6-14-4-3-5-16-13(2)19(25)10-20(26-12)21(14)16/h9-10,12,22,28H,3-8,11H2,1-2H3/b26-20+/t12?,22-/m0/s1. The van der Waals surface area contributed by atoms with Gasteiger partial charge >= 0.3 is 5.97 Å². The van der Waals surface area contributed by atoms with E-state index >= 15 is 0 Å². The molecule has 1 aromatic heterocycles. The number of hydrogen-bond acceptors (Lipinski definition) is 5. The van der Waals surface area contributed by atoms with Crippen molar-refractivity contribution >= 4 is 11.5 Å². The first-order valence-corrected chi connectivity index (χ1v) is 10.8. The summed E-state index contributed by atoms with van der Waals surface area (Å²) in [5.74, 6) is -0.963. The Morgan fingerprint density at radius 3 is 2.81 bits per heavy atom. The lowest BCUT2D eigenvalue weighted by atomic mass is 9.87. The first-order valence-electron chi connectivity index (χ1n) is 10.8. The van der Waals surface area contributed by atoms with Gasteiger partial charge in [0.2, 0.25) is 0 Å². The summed E-state index contributed by atoms with van der Waals surface area (Å²) in [5, 5.41) is 12.0. The summed E-state index contributed by atoms with van der Waals surface area (Å²) < 4.78 is 21.3. The van der Waals surface area contributed by atoms with E-state index in [1.54, 1.807) is 10.6 Å². The van der Waals surface area contributed by atoms with Gasteiger partial charge in [0.25, 0.3) is 5.56 Å². The molecule has 0 amide bonds. The number of hydrogen-bond donors (Lipinski definition) is 1. The van der Waals surface area contributed by atoms with Crippen LogP contribution in [0.5, 0.6) is 0 Å². The van der Waals surface area contributed by atoms with E-state index in [2.05, 4.69) is 0 Å². The minimum absolute atomic E-state index is 0.119. The summed E-state index contributed by atoms with van der Waals surface area (Å²) in [6.45, 7) is 4.14. The molecule has 0 spiro atoms. The Bertz CT molecular complexity index is 1290. The number of carbonyl (C=O) groups excluding carboxylic acids is 1. The highest BCUT2D eigenvalue weighted by Crippen LogP contribution is 2.26. The zero-order chi connectivity index (χ0) is 21.9. The van der Waals surface area contributed by atoms with Crippen molar-refractivity contribution in [3.05, 3.63) is 66.8 Å². The molecule has 162 valence electrons. The molecule has 2 aliphatic heterocycles. The van der Waals surface area contributed by atoms with Crippen molar-refractivity contribution in [3.8, 4) is 0 Å². The molecule has 3 heterocycles. The molecule has 1 unspecified atom stereocenters. The Labute approximate surface area is 178 Å². The maximum atomic E-state index is 14.6. The Hall–Kier alpha value is -2.80. The van der Waals surface area contributed by atoms with Crippen LogP contribution in [-0.2, 0) is 35.5 Å². The number of rotatable bonds is 0. The van der Waals surface area contributed by atoms with E-state index in [4.69, 9.17) is 9.73 Å². The quantitative estimate of drug-likeness (QED) is 0.651. The van der Waals surface area contributed by atoms with Crippen LogP contribution in [0.2, 0.25) is 0 Å². The summed E-state index contributed by atoms with van der Waals surface area (Å²) in [7, 11) is 0. The van der Waals surface area contributed by atoms with Crippen molar-refractivity contribution in [2.45, 2.75) is 71.2 Å². The fourth-order valence-electron chi connectivity index (χ4n) is 5.20. The van der Waals surface area contributed by atoms with Crippen LogP contribution in [0, 0.1) is 12.7 Å². The molecule has 2 aromatic rings. The summed E-state index contributed by atoms with van der Waals surface area (Å²) >= 11 is 0. The van der Waals surface area contributed by atoms with Crippen LogP contribution in [0.3, 0.4) is 0 Å². The molecule has 0 saturated carbocycles. The topological polar surface area (TPSA) is 80.9 Å². The maximum absolute atomic E-state index is 14.6. The third-order valence-corrected chi connectivity index (χ3v) is 6.79. The number of esters is 1. The number of ether oxygens (including phenoxy) is 1. The number of cyclic esters (lactones) is 1. The number of aliphatic hydroxyl groups is 1. The number of pyridine rings is 1. The minimum Gasteiger partial charge on any atom is -0.458 e. The van der Waals surface area contributed by atoms with Crippen LogP contribution in [0.25, 0.3) is 5.57 Å². The second-order valence-electron chi connectivity index (χ2n) is 8.78. The predicted molar refractivity (Wildman–Crippen MR) is 112 cm³/mol. The number of carbonyl (C=O) groups is 1. The number of nitrogens with zero attached hydrogens (tertiary/aromatic N) is 2. The average molecular weight is 424 g/mol. The Balaban J connectivity index is 1.72. The second-order valence-corrected chi connectivity index (χ2v) is 8.78. The highest BCUT2D eigenvalue weighted by atomic mass is 19.1. The molecule has 0 fully saturated rings. The van der Waals surface area contributed by atoms with Crippen molar-refractivity contribution in [1.29, 1.82) is 0 Å². The van der Waals surface area contributed by atoms with Crippen LogP contribution in [0.1, 0.15) is 60.2 Å². The van der Waals surface area contributed by atoms with Crippen molar-refractivity contribution < 1.29 is 19.0 Å². The zero-order valence-corrected chi connectivity index (χ0v) is 17.7. The van der Waals surface area contributed by atoms with Gasteiger partial charge in [-0.1, -0.05) is 5.57 Å². The largest absolute Gasteiger partial charge is 0.458 e. The lowest BCUT2D eigenvalue weighted by Gasteiger charge is -2.26. The van der Waals surface area contributed by atoms with Gasteiger partial charge in [0, 0.05) is 29.4 Å². The van der Waals surface area contributed by atoms with E-state index in [-0.39, 0.29) is 24.0 Å². The summed E-state index contributed by atoms with van der Waals surface area (Å²) in [6.07, 6.45) is 2.37. The monoisotopic (exact) mass is 424 g/mol. The van der Waals surface area contributed by atoms with Crippen LogP contribution in [-0.4, -0.2) is 21.7 Å². The Morgan fingerprint density at radius 1 is 1.19 bits per heavy atom. The summed E-state index contributed by atoms with van der Waals surface area (Å²) in [5.41, 5.74) is 4.11. The van der Waals surface area contributed by atoms with E-state index < -0.39 is 12.1 Å². The third-order valence-electron chi connectivity index (χ3n) is 6.79. The lowest BCUT2D eigenvalue weighted by molar-refractivity contribution is -0.157. The van der Waals surface area contributed by atoms with Crippen LogP contribution < -0.4 is 16.1 Å². The van der Waals surface area contributed by atoms with Gasteiger partial charge in [-0.25, -0.2) is 9.18 Å². The van der Waals surface area contributed by atoms with Gasteiger partial charge < -0.3 is 14.4 Å². The molecular weight excluding hydrogens is 399 g/mol. The molecule has 7 heteroatoms. The van der Waals surface area contributed by atoms with E-state index in [1.807, 2.05) is 13.8 Å². The molecule has 0 saturated heterocycles. The fourth-order valence-corrected chi connectivity index (χ4v) is 5.20. The zero-order valence-electron chi connectivity index (χ0n) is 17.7. The second kappa shape index (κ2) is 7.41. The third kappa shape index (κ3) is 3.22. The SMILES string of the molecule is Cc1c(F)c/c2c3c1CCCC=3CCn1c(cc3c(c1=O)COC(=O)[C@H]3O)CC(C)/N=2. The van der Waals surface area contributed by atoms with Crippen molar-refractivity contribution in [3.63, 3.8) is 0 Å². The van der Waals surface area contributed by atoms with E-state index in [0.717, 1.165) is 35.7 Å². The maximum Gasteiger partial charge on any atom is 0.340 e. The van der Waals surface area contributed by atoms with E-state index in [1.165, 1.54) is 11.6 Å². The molecule has 6 nitrogen and oxygen atoms in total. The average Bonchev–Trinajstić information content (AvgIpc) is 2.74. The van der Waals surface area contributed by atoms with Crippen LogP contribution in [0.4, 0.5) is 4.39 Å². The molecular formula is C24H25FN2O4. The number of halogens is 1. The first-order chi connectivity index (χ1) is 14.8. The Kier molecular flexibility index (Phi) is 4.81. The summed E-state index contributed by atoms with van der Waals surface area (Å²) in [4.78, 5) is 29.9. The van der Waals surface area contributed by atoms with Gasteiger partial charge in [0.15, 0.2) is 6.10 Å². The smallest absolute Gasteiger partial charge is 0.340 e. The summed E-state index contributed by atoms with van der Waals surface area (Å²) in [6, 6.07) is 3.07. The fraction of sp³-hybridized carbons (Fsp3) is 0.458. The highest BCUT2D eigenvalue weighted by Gasteiger charge is 2.31. The normalized spacial score (nSPS) is 23.7. The Morgan fingerprint density at radius 2 is 2.00 bits per heavy atom. The van der Waals surface area contributed by atoms with Crippen molar-refractivity contribution in [2.24, 2.45) is 4.99 Å². The molecule has 1 aromatic carbocycles. The number of aliphatic hydroxyl groups excluding tert-OH is 1. The van der Waals surface area contributed by atoms with Crippen LogP contribution in [0.15, 0.2) is 21.9 Å². The molecule has 0 radical (unpaired) electrons. The number of fused-ring (bicyclic) bond motifs is 2. The molecule has 2 atom stereocenters. The minimum atomic E-state index is -1.45. The number of aromatic nitrogens is 1. The van der Waals surface area contributed by atoms with Crippen LogP contribution >= 0.6 is 0 Å². The van der Waals surface area contributed by atoms with Crippen molar-refractivity contribution in [2.75, 3.05) is 0 Å². The predicted octanol–water partition coefficient (Wildman–Crippen LogP) is 1.53.